The Morgan fingerprint density at radius 3 is 1.93 bits per heavy atom. The number of carbonyl (C=O) groups is 1. The van der Waals surface area contributed by atoms with Crippen molar-refractivity contribution in [2.75, 3.05) is 7.11 Å². The molecule has 0 aliphatic heterocycles. The number of hydrogen-bond donors (Lipinski definition) is 0. The second-order valence-corrected chi connectivity index (χ2v) is 13.2. The van der Waals surface area contributed by atoms with Crippen LogP contribution in [-0.4, -0.2) is 27.5 Å². The lowest BCUT2D eigenvalue weighted by molar-refractivity contribution is -0.146. The molecule has 29 heavy (non-hydrogen) atoms. The number of methoxy groups -OCH3 is 1. The zero-order chi connectivity index (χ0) is 21.1. The van der Waals surface area contributed by atoms with Crippen LogP contribution in [0.1, 0.15) is 40.5 Å². The molecule has 0 radical (unpaired) electrons. The third-order valence-electron chi connectivity index (χ3n) is 6.00. The molecule has 0 amide bonds. The van der Waals surface area contributed by atoms with E-state index in [1.165, 1.54) is 23.1 Å². The van der Waals surface area contributed by atoms with Crippen molar-refractivity contribution in [1.29, 1.82) is 0 Å². The predicted octanol–water partition coefficient (Wildman–Crippen LogP) is 4.46. The SMILES string of the molecule is COC(=O)C1CC=C(C)C(O[Si](c2ccccc2)(c2ccccc2)C(C)(C)C)C1. The van der Waals surface area contributed by atoms with E-state index < -0.39 is 8.32 Å². The van der Waals surface area contributed by atoms with Crippen molar-refractivity contribution in [3.8, 4) is 0 Å². The molecule has 0 bridgehead atoms. The molecule has 1 aliphatic rings. The highest BCUT2D eigenvalue weighted by atomic mass is 28.4. The number of rotatable bonds is 5. The van der Waals surface area contributed by atoms with E-state index in [9.17, 15) is 4.79 Å². The van der Waals surface area contributed by atoms with Crippen LogP contribution < -0.4 is 10.4 Å². The molecule has 4 heteroatoms. The summed E-state index contributed by atoms with van der Waals surface area (Å²) in [5, 5.41) is 2.42. The van der Waals surface area contributed by atoms with Gasteiger partial charge in [-0.3, -0.25) is 4.79 Å². The van der Waals surface area contributed by atoms with E-state index in [0.717, 1.165) is 6.42 Å². The Labute approximate surface area is 175 Å². The molecule has 3 rings (SSSR count). The van der Waals surface area contributed by atoms with Crippen LogP contribution in [0.3, 0.4) is 0 Å². The quantitative estimate of drug-likeness (QED) is 0.416. The van der Waals surface area contributed by atoms with Crippen LogP contribution in [0.2, 0.25) is 5.04 Å². The van der Waals surface area contributed by atoms with Crippen LogP contribution in [0.15, 0.2) is 72.3 Å². The lowest BCUT2D eigenvalue weighted by atomic mass is 9.88. The summed E-state index contributed by atoms with van der Waals surface area (Å²) in [4.78, 5) is 12.2. The summed E-state index contributed by atoms with van der Waals surface area (Å²) in [6.45, 7) is 8.95. The first-order valence-corrected chi connectivity index (χ1v) is 12.2. The number of ether oxygens (including phenoxy) is 1. The van der Waals surface area contributed by atoms with Crippen LogP contribution >= 0.6 is 0 Å². The molecule has 154 valence electrons. The smallest absolute Gasteiger partial charge is 0.309 e. The van der Waals surface area contributed by atoms with Crippen LogP contribution in [-0.2, 0) is 14.0 Å². The largest absolute Gasteiger partial charge is 0.469 e. The molecule has 0 saturated heterocycles. The minimum Gasteiger partial charge on any atom is -0.469 e. The number of esters is 1. The molecule has 3 nitrogen and oxygen atoms in total. The van der Waals surface area contributed by atoms with Gasteiger partial charge in [-0.25, -0.2) is 0 Å². The van der Waals surface area contributed by atoms with Crippen molar-refractivity contribution < 1.29 is 14.0 Å². The third kappa shape index (κ3) is 4.24. The number of allylic oxidation sites excluding steroid dienone is 1. The van der Waals surface area contributed by atoms with E-state index in [2.05, 4.69) is 94.4 Å². The summed E-state index contributed by atoms with van der Waals surface area (Å²) >= 11 is 0. The summed E-state index contributed by atoms with van der Waals surface area (Å²) in [5.74, 6) is -0.295. The van der Waals surface area contributed by atoms with Gasteiger partial charge in [0.2, 0.25) is 0 Å². The van der Waals surface area contributed by atoms with Crippen LogP contribution in [0, 0.1) is 5.92 Å². The summed E-state index contributed by atoms with van der Waals surface area (Å²) < 4.78 is 12.2. The Morgan fingerprint density at radius 2 is 1.48 bits per heavy atom. The Balaban J connectivity index is 2.12. The van der Waals surface area contributed by atoms with Gasteiger partial charge >= 0.3 is 5.97 Å². The molecule has 0 aromatic heterocycles. The molecule has 2 aromatic carbocycles. The molecule has 1 aliphatic carbocycles. The molecule has 0 fully saturated rings. The number of hydrogen-bond acceptors (Lipinski definition) is 3. The van der Waals surface area contributed by atoms with Gasteiger partial charge in [-0.05, 0) is 40.8 Å². The second-order valence-electron chi connectivity index (χ2n) is 8.91. The molecule has 2 aromatic rings. The molecule has 0 spiro atoms. The highest BCUT2D eigenvalue weighted by molar-refractivity contribution is 6.99. The normalized spacial score (nSPS) is 20.1. The average molecular weight is 409 g/mol. The fourth-order valence-corrected chi connectivity index (χ4v) is 9.13. The zero-order valence-corrected chi connectivity index (χ0v) is 19.1. The third-order valence-corrected chi connectivity index (χ3v) is 11.0. The van der Waals surface area contributed by atoms with Gasteiger partial charge in [-0.2, -0.15) is 0 Å². The Kier molecular flexibility index (Phi) is 6.44. The monoisotopic (exact) mass is 408 g/mol. The lowest BCUT2D eigenvalue weighted by Crippen LogP contribution is -2.68. The van der Waals surface area contributed by atoms with Crippen molar-refractivity contribution in [2.24, 2.45) is 5.92 Å². The molecule has 0 saturated carbocycles. The van der Waals surface area contributed by atoms with Gasteiger partial charge in [0.1, 0.15) is 0 Å². The maximum atomic E-state index is 12.2. The van der Waals surface area contributed by atoms with E-state index in [-0.39, 0.29) is 23.0 Å². The fourth-order valence-electron chi connectivity index (χ4n) is 4.40. The number of benzene rings is 2. The molecule has 0 heterocycles. The van der Waals surface area contributed by atoms with E-state index in [4.69, 9.17) is 9.16 Å². The second kappa shape index (κ2) is 8.68. The summed E-state index contributed by atoms with van der Waals surface area (Å²) in [6.07, 6.45) is 3.44. The first kappa shape index (κ1) is 21.5. The van der Waals surface area contributed by atoms with Crippen LogP contribution in [0.5, 0.6) is 0 Å². The highest BCUT2D eigenvalue weighted by Crippen LogP contribution is 2.40. The lowest BCUT2D eigenvalue weighted by Gasteiger charge is -2.46. The van der Waals surface area contributed by atoms with Crippen molar-refractivity contribution in [3.05, 3.63) is 72.3 Å². The van der Waals surface area contributed by atoms with Gasteiger partial charge < -0.3 is 9.16 Å². The highest BCUT2D eigenvalue weighted by Gasteiger charge is 2.52. The average Bonchev–Trinajstić information content (AvgIpc) is 2.73. The molecule has 0 N–H and O–H groups in total. The molecular formula is C25H32O3Si. The summed E-state index contributed by atoms with van der Waals surface area (Å²) in [7, 11) is -1.18. The van der Waals surface area contributed by atoms with Crippen molar-refractivity contribution in [1.82, 2.24) is 0 Å². The van der Waals surface area contributed by atoms with Gasteiger partial charge in [0.05, 0.1) is 19.1 Å². The van der Waals surface area contributed by atoms with Gasteiger partial charge in [0.25, 0.3) is 8.32 Å². The van der Waals surface area contributed by atoms with Gasteiger partial charge in [0, 0.05) is 0 Å². The predicted molar refractivity (Wildman–Crippen MR) is 121 cm³/mol. The molecular weight excluding hydrogens is 376 g/mol. The van der Waals surface area contributed by atoms with E-state index >= 15 is 0 Å². The minimum absolute atomic E-state index is 0.0891. The number of carbonyl (C=O) groups excluding carboxylic acids is 1. The Bertz CT molecular complexity index is 813. The molecule has 2 atom stereocenters. The maximum absolute atomic E-state index is 12.2. The van der Waals surface area contributed by atoms with Crippen molar-refractivity contribution >= 4 is 24.7 Å². The van der Waals surface area contributed by atoms with Crippen molar-refractivity contribution in [2.45, 2.75) is 51.7 Å². The fraction of sp³-hybridized carbons (Fsp3) is 0.400. The summed E-state index contributed by atoms with van der Waals surface area (Å²) in [6, 6.07) is 21.3. The standard InChI is InChI=1S/C25H32O3Si/c1-19-16-17-20(24(26)27-5)18-23(19)28-29(25(2,3)4,21-12-8-6-9-13-21)22-14-10-7-11-15-22/h6-16,20,23H,17-18H2,1-5H3. The van der Waals surface area contributed by atoms with Crippen molar-refractivity contribution in [3.63, 3.8) is 0 Å². The van der Waals surface area contributed by atoms with Crippen LogP contribution in [0.4, 0.5) is 0 Å². The van der Waals surface area contributed by atoms with E-state index in [1.807, 2.05) is 0 Å². The summed E-state index contributed by atoms with van der Waals surface area (Å²) in [5.41, 5.74) is 1.21. The zero-order valence-electron chi connectivity index (χ0n) is 18.1. The van der Waals surface area contributed by atoms with E-state index in [0.29, 0.717) is 6.42 Å². The first-order chi connectivity index (χ1) is 13.8. The van der Waals surface area contributed by atoms with Crippen LogP contribution in [0.25, 0.3) is 0 Å². The first-order valence-electron chi connectivity index (χ1n) is 10.3. The van der Waals surface area contributed by atoms with E-state index in [1.54, 1.807) is 0 Å². The van der Waals surface area contributed by atoms with Gasteiger partial charge in [-0.15, -0.1) is 0 Å². The maximum Gasteiger partial charge on any atom is 0.309 e. The van der Waals surface area contributed by atoms with Gasteiger partial charge in [0.15, 0.2) is 0 Å². The topological polar surface area (TPSA) is 35.5 Å². The Hall–Kier alpha value is -2.17. The molecule has 2 unspecified atom stereocenters. The minimum atomic E-state index is -2.65. The Morgan fingerprint density at radius 1 is 0.966 bits per heavy atom. The van der Waals surface area contributed by atoms with Gasteiger partial charge in [-0.1, -0.05) is 87.5 Å².